The summed E-state index contributed by atoms with van der Waals surface area (Å²) in [6.07, 6.45) is 1.76. The Morgan fingerprint density at radius 2 is 2.00 bits per heavy atom. The van der Waals surface area contributed by atoms with Gasteiger partial charge in [0.25, 0.3) is 0 Å². The number of alkyl halides is 1. The SMILES string of the molecule is Cc1nc(CSc2ccc(F)cc2)ncc1CCl. The lowest BCUT2D eigenvalue weighted by molar-refractivity contribution is 0.626. The van der Waals surface area contributed by atoms with Crippen molar-refractivity contribution >= 4 is 23.4 Å². The molecule has 5 heteroatoms. The van der Waals surface area contributed by atoms with Gasteiger partial charge in [-0.1, -0.05) is 0 Å². The molecule has 0 aliphatic rings. The van der Waals surface area contributed by atoms with Gasteiger partial charge in [-0.3, -0.25) is 0 Å². The van der Waals surface area contributed by atoms with E-state index in [0.29, 0.717) is 11.6 Å². The molecule has 0 unspecified atom stereocenters. The molecule has 0 radical (unpaired) electrons. The second-order valence-electron chi connectivity index (χ2n) is 3.77. The number of thioether (sulfide) groups is 1. The van der Waals surface area contributed by atoms with Crippen LogP contribution in [0.15, 0.2) is 35.4 Å². The number of benzene rings is 1. The summed E-state index contributed by atoms with van der Waals surface area (Å²) in [6, 6.07) is 6.40. The molecule has 0 fully saturated rings. The molecule has 1 aromatic heterocycles. The monoisotopic (exact) mass is 282 g/mol. The van der Waals surface area contributed by atoms with Crippen LogP contribution >= 0.6 is 23.4 Å². The van der Waals surface area contributed by atoms with Crippen molar-refractivity contribution in [2.45, 2.75) is 23.5 Å². The summed E-state index contributed by atoms with van der Waals surface area (Å²) in [4.78, 5) is 9.64. The maximum absolute atomic E-state index is 12.7. The fourth-order valence-corrected chi connectivity index (χ4v) is 2.45. The highest BCUT2D eigenvalue weighted by Gasteiger charge is 2.03. The van der Waals surface area contributed by atoms with Gasteiger partial charge in [0.2, 0.25) is 0 Å². The molecule has 2 nitrogen and oxygen atoms in total. The summed E-state index contributed by atoms with van der Waals surface area (Å²) < 4.78 is 12.7. The molecule has 94 valence electrons. The third kappa shape index (κ3) is 3.43. The van der Waals surface area contributed by atoms with Crippen molar-refractivity contribution in [3.8, 4) is 0 Å². The van der Waals surface area contributed by atoms with Crippen molar-refractivity contribution in [3.05, 3.63) is 53.4 Å². The quantitative estimate of drug-likeness (QED) is 0.627. The van der Waals surface area contributed by atoms with E-state index < -0.39 is 0 Å². The fourth-order valence-electron chi connectivity index (χ4n) is 1.42. The molecule has 2 aromatic rings. The van der Waals surface area contributed by atoms with Crippen LogP contribution in [-0.4, -0.2) is 9.97 Å². The summed E-state index contributed by atoms with van der Waals surface area (Å²) in [5.41, 5.74) is 1.86. The molecule has 2 rings (SSSR count). The Morgan fingerprint density at radius 1 is 1.28 bits per heavy atom. The molecule has 18 heavy (non-hydrogen) atoms. The van der Waals surface area contributed by atoms with Gasteiger partial charge in [0.15, 0.2) is 0 Å². The van der Waals surface area contributed by atoms with Gasteiger partial charge in [-0.05, 0) is 31.2 Å². The number of aryl methyl sites for hydroxylation is 1. The van der Waals surface area contributed by atoms with E-state index in [-0.39, 0.29) is 5.82 Å². The largest absolute Gasteiger partial charge is 0.240 e. The van der Waals surface area contributed by atoms with Gasteiger partial charge in [0, 0.05) is 22.3 Å². The van der Waals surface area contributed by atoms with E-state index in [4.69, 9.17) is 11.6 Å². The third-order valence-corrected chi connectivity index (χ3v) is 3.75. The van der Waals surface area contributed by atoms with Crippen molar-refractivity contribution in [3.63, 3.8) is 0 Å². The van der Waals surface area contributed by atoms with Crippen molar-refractivity contribution in [1.29, 1.82) is 0 Å². The van der Waals surface area contributed by atoms with Crippen LogP contribution in [0.4, 0.5) is 4.39 Å². The van der Waals surface area contributed by atoms with Crippen LogP contribution in [0.2, 0.25) is 0 Å². The smallest absolute Gasteiger partial charge is 0.138 e. The minimum Gasteiger partial charge on any atom is -0.240 e. The second-order valence-corrected chi connectivity index (χ2v) is 5.09. The van der Waals surface area contributed by atoms with Crippen LogP contribution in [0.5, 0.6) is 0 Å². The second kappa shape index (κ2) is 6.16. The van der Waals surface area contributed by atoms with Gasteiger partial charge in [0.05, 0.1) is 11.6 Å². The molecule has 1 aromatic carbocycles. The number of hydrogen-bond acceptors (Lipinski definition) is 3. The summed E-state index contributed by atoms with van der Waals surface area (Å²) in [7, 11) is 0. The number of rotatable bonds is 4. The molecule has 0 saturated carbocycles. The molecule has 0 N–H and O–H groups in total. The summed E-state index contributed by atoms with van der Waals surface area (Å²) in [5, 5.41) is 0. The molecule has 0 aliphatic heterocycles. The first-order valence-electron chi connectivity index (χ1n) is 5.45. The molecule has 0 bridgehead atoms. The highest BCUT2D eigenvalue weighted by Crippen LogP contribution is 2.21. The number of hydrogen-bond donors (Lipinski definition) is 0. The summed E-state index contributed by atoms with van der Waals surface area (Å²) in [6.45, 7) is 1.92. The Kier molecular flexibility index (Phi) is 4.55. The van der Waals surface area contributed by atoms with Crippen LogP contribution in [0.1, 0.15) is 17.1 Å². The third-order valence-electron chi connectivity index (χ3n) is 2.46. The molecule has 0 amide bonds. The van der Waals surface area contributed by atoms with Crippen molar-refractivity contribution in [2.24, 2.45) is 0 Å². The first-order chi connectivity index (χ1) is 8.69. The molecular formula is C13H12ClFN2S. The zero-order chi connectivity index (χ0) is 13.0. The highest BCUT2D eigenvalue weighted by atomic mass is 35.5. The maximum atomic E-state index is 12.7. The fraction of sp³-hybridized carbons (Fsp3) is 0.231. The van der Waals surface area contributed by atoms with Gasteiger partial charge >= 0.3 is 0 Å². The van der Waals surface area contributed by atoms with Crippen LogP contribution < -0.4 is 0 Å². The van der Waals surface area contributed by atoms with E-state index in [1.165, 1.54) is 12.1 Å². The lowest BCUT2D eigenvalue weighted by Gasteiger charge is -2.04. The Hall–Kier alpha value is -1.13. The topological polar surface area (TPSA) is 25.8 Å². The Morgan fingerprint density at radius 3 is 2.61 bits per heavy atom. The normalized spacial score (nSPS) is 10.6. The molecular weight excluding hydrogens is 271 g/mol. The van der Waals surface area contributed by atoms with Gasteiger partial charge in [-0.2, -0.15) is 0 Å². The number of aromatic nitrogens is 2. The van der Waals surface area contributed by atoms with E-state index >= 15 is 0 Å². The summed E-state index contributed by atoms with van der Waals surface area (Å²) in [5.74, 6) is 1.63. The van der Waals surface area contributed by atoms with E-state index in [1.54, 1.807) is 30.1 Å². The van der Waals surface area contributed by atoms with E-state index in [9.17, 15) is 4.39 Å². The number of nitrogens with zero attached hydrogens (tertiary/aromatic N) is 2. The van der Waals surface area contributed by atoms with Crippen molar-refractivity contribution in [2.75, 3.05) is 0 Å². The first-order valence-corrected chi connectivity index (χ1v) is 6.97. The Bertz CT molecular complexity index is 531. The minimum absolute atomic E-state index is 0.224. The summed E-state index contributed by atoms with van der Waals surface area (Å²) >= 11 is 7.33. The minimum atomic E-state index is -0.224. The molecule has 0 saturated heterocycles. The predicted octanol–water partition coefficient (Wildman–Crippen LogP) is 3.96. The highest BCUT2D eigenvalue weighted by molar-refractivity contribution is 7.98. The van der Waals surface area contributed by atoms with Gasteiger partial charge in [-0.15, -0.1) is 23.4 Å². The Balaban J connectivity index is 2.02. The zero-order valence-electron chi connectivity index (χ0n) is 9.86. The van der Waals surface area contributed by atoms with E-state index in [0.717, 1.165) is 22.0 Å². The predicted molar refractivity (Wildman–Crippen MR) is 72.3 cm³/mol. The molecule has 0 spiro atoms. The molecule has 1 heterocycles. The average molecular weight is 283 g/mol. The van der Waals surface area contributed by atoms with E-state index in [1.807, 2.05) is 6.92 Å². The lowest BCUT2D eigenvalue weighted by Crippen LogP contribution is -1.98. The lowest BCUT2D eigenvalue weighted by atomic mass is 10.3. The standard InChI is InChI=1S/C13H12ClFN2S/c1-9-10(6-14)7-16-13(17-9)8-18-12-4-2-11(15)3-5-12/h2-5,7H,6,8H2,1H3. The van der Waals surface area contributed by atoms with Crippen LogP contribution in [-0.2, 0) is 11.6 Å². The van der Waals surface area contributed by atoms with Crippen LogP contribution in [0.25, 0.3) is 0 Å². The Labute approximate surface area is 115 Å². The van der Waals surface area contributed by atoms with Crippen LogP contribution in [0, 0.1) is 12.7 Å². The van der Waals surface area contributed by atoms with Crippen molar-refractivity contribution in [1.82, 2.24) is 9.97 Å². The van der Waals surface area contributed by atoms with E-state index in [2.05, 4.69) is 9.97 Å². The van der Waals surface area contributed by atoms with Gasteiger partial charge in [-0.25, -0.2) is 14.4 Å². The van der Waals surface area contributed by atoms with Crippen molar-refractivity contribution < 1.29 is 4.39 Å². The van der Waals surface area contributed by atoms with Gasteiger partial charge < -0.3 is 0 Å². The molecule has 0 atom stereocenters. The average Bonchev–Trinajstić information content (AvgIpc) is 2.38. The first kappa shape index (κ1) is 13.3. The van der Waals surface area contributed by atoms with Crippen LogP contribution in [0.3, 0.4) is 0 Å². The van der Waals surface area contributed by atoms with Gasteiger partial charge in [0.1, 0.15) is 11.6 Å². The number of halogens is 2. The maximum Gasteiger partial charge on any atom is 0.138 e. The molecule has 0 aliphatic carbocycles. The zero-order valence-corrected chi connectivity index (χ0v) is 11.4.